The summed E-state index contributed by atoms with van der Waals surface area (Å²) in [6, 6.07) is 0. The molecule has 0 aromatic carbocycles. The molecular formula is C16H32O2Si. The van der Waals surface area contributed by atoms with Gasteiger partial charge in [-0.05, 0) is 25.1 Å². The molecule has 0 radical (unpaired) electrons. The van der Waals surface area contributed by atoms with E-state index in [1.807, 2.05) is 19.1 Å². The summed E-state index contributed by atoms with van der Waals surface area (Å²) in [7, 11) is -1.80. The van der Waals surface area contributed by atoms with Crippen LogP contribution in [0.3, 0.4) is 0 Å². The first-order valence-electron chi connectivity index (χ1n) is 7.07. The summed E-state index contributed by atoms with van der Waals surface area (Å²) in [6.07, 6.45) is 8.06. The predicted octanol–water partition coefficient (Wildman–Crippen LogP) is 4.53. The van der Waals surface area contributed by atoms with Gasteiger partial charge in [0.15, 0.2) is 8.32 Å². The first-order valence-corrected chi connectivity index (χ1v) is 9.98. The molecule has 0 saturated carbocycles. The van der Waals surface area contributed by atoms with E-state index in [4.69, 9.17) is 9.53 Å². The van der Waals surface area contributed by atoms with E-state index in [0.29, 0.717) is 0 Å². The van der Waals surface area contributed by atoms with Gasteiger partial charge in [-0.25, -0.2) is 0 Å². The largest absolute Gasteiger partial charge is 0.410 e. The minimum atomic E-state index is -1.80. The van der Waals surface area contributed by atoms with Gasteiger partial charge in [0, 0.05) is 5.41 Å². The van der Waals surface area contributed by atoms with Crippen LogP contribution in [0.25, 0.3) is 0 Å². The Morgan fingerprint density at radius 1 is 1.16 bits per heavy atom. The Labute approximate surface area is 120 Å². The Morgan fingerprint density at radius 2 is 1.68 bits per heavy atom. The zero-order chi connectivity index (χ0) is 15.3. The summed E-state index contributed by atoms with van der Waals surface area (Å²) in [4.78, 5) is 0. The van der Waals surface area contributed by atoms with E-state index in [0.717, 1.165) is 0 Å². The van der Waals surface area contributed by atoms with Crippen LogP contribution in [0.5, 0.6) is 0 Å². The van der Waals surface area contributed by atoms with E-state index in [-0.39, 0.29) is 23.2 Å². The molecule has 0 aromatic rings. The van der Waals surface area contributed by atoms with Crippen LogP contribution < -0.4 is 0 Å². The molecule has 1 atom stereocenters. The second-order valence-electron chi connectivity index (χ2n) is 7.23. The fraction of sp³-hybridized carbons (Fsp3) is 0.750. The van der Waals surface area contributed by atoms with Crippen molar-refractivity contribution in [1.29, 1.82) is 0 Å². The minimum Gasteiger partial charge on any atom is -0.410 e. The molecule has 0 fully saturated rings. The molecule has 0 bridgehead atoms. The summed E-state index contributed by atoms with van der Waals surface area (Å²) in [5.41, 5.74) is -0.120. The summed E-state index contributed by atoms with van der Waals surface area (Å²) < 4.78 is 6.52. The molecule has 0 aliphatic heterocycles. The highest BCUT2D eigenvalue weighted by molar-refractivity contribution is 6.74. The van der Waals surface area contributed by atoms with E-state index in [2.05, 4.69) is 53.8 Å². The first-order chi connectivity index (χ1) is 8.48. The number of hydrogen-bond donors (Lipinski definition) is 1. The Hall–Kier alpha value is -0.383. The normalized spacial score (nSPS) is 16.5. The summed E-state index contributed by atoms with van der Waals surface area (Å²) in [5, 5.41) is 9.16. The molecule has 0 spiro atoms. The van der Waals surface area contributed by atoms with Crippen LogP contribution in [0.2, 0.25) is 18.1 Å². The van der Waals surface area contributed by atoms with Gasteiger partial charge in [-0.1, -0.05) is 58.9 Å². The lowest BCUT2D eigenvalue weighted by Gasteiger charge is -2.42. The van der Waals surface area contributed by atoms with Crippen LogP contribution in [0, 0.1) is 5.41 Å². The molecule has 19 heavy (non-hydrogen) atoms. The van der Waals surface area contributed by atoms with Crippen molar-refractivity contribution in [1.82, 2.24) is 0 Å². The van der Waals surface area contributed by atoms with Gasteiger partial charge in [0.05, 0.1) is 12.7 Å². The van der Waals surface area contributed by atoms with Gasteiger partial charge in [0.1, 0.15) is 0 Å². The molecular weight excluding hydrogens is 252 g/mol. The Bertz CT molecular complexity index is 322. The van der Waals surface area contributed by atoms with Gasteiger partial charge in [-0.2, -0.15) is 0 Å². The summed E-state index contributed by atoms with van der Waals surface area (Å²) >= 11 is 0. The average molecular weight is 285 g/mol. The molecule has 0 aliphatic carbocycles. The Kier molecular flexibility index (Phi) is 6.73. The van der Waals surface area contributed by atoms with E-state index >= 15 is 0 Å². The summed E-state index contributed by atoms with van der Waals surface area (Å²) in [6.45, 7) is 17.7. The monoisotopic (exact) mass is 284 g/mol. The van der Waals surface area contributed by atoms with Crippen LogP contribution in [-0.4, -0.2) is 26.1 Å². The maximum Gasteiger partial charge on any atom is 0.192 e. The number of hydrogen-bond acceptors (Lipinski definition) is 2. The van der Waals surface area contributed by atoms with E-state index in [1.54, 1.807) is 6.08 Å². The molecule has 0 amide bonds. The average Bonchev–Trinajstić information content (AvgIpc) is 2.24. The van der Waals surface area contributed by atoms with Crippen molar-refractivity contribution in [3.8, 4) is 0 Å². The molecule has 0 unspecified atom stereocenters. The van der Waals surface area contributed by atoms with Crippen molar-refractivity contribution in [2.24, 2.45) is 5.41 Å². The highest BCUT2D eigenvalue weighted by Gasteiger charge is 2.41. The Morgan fingerprint density at radius 3 is 2.05 bits per heavy atom. The third-order valence-corrected chi connectivity index (χ3v) is 8.44. The van der Waals surface area contributed by atoms with Gasteiger partial charge < -0.3 is 9.53 Å². The standard InChI is InChI=1S/C16H32O2Si/c1-9-11-14(16(5,6)12-10-13-17)18-19(7,8)15(2,3)4/h9-12,14,17H,13H2,1-8H3/b11-9+,12-10+/t14-/m1/s1. The number of aliphatic hydroxyl groups is 1. The molecule has 0 aliphatic rings. The van der Waals surface area contributed by atoms with Gasteiger partial charge >= 0.3 is 0 Å². The van der Waals surface area contributed by atoms with Crippen LogP contribution in [0.1, 0.15) is 41.5 Å². The minimum absolute atomic E-state index is 0.0428. The molecule has 0 rings (SSSR count). The number of aliphatic hydroxyl groups excluding tert-OH is 1. The van der Waals surface area contributed by atoms with Crippen molar-refractivity contribution >= 4 is 8.32 Å². The molecule has 3 heteroatoms. The van der Waals surface area contributed by atoms with Crippen molar-refractivity contribution in [3.05, 3.63) is 24.3 Å². The highest BCUT2D eigenvalue weighted by atomic mass is 28.4. The lowest BCUT2D eigenvalue weighted by atomic mass is 9.86. The topological polar surface area (TPSA) is 29.5 Å². The van der Waals surface area contributed by atoms with Crippen LogP contribution in [0.4, 0.5) is 0 Å². The molecule has 1 N–H and O–H groups in total. The third kappa shape index (κ3) is 5.63. The molecule has 0 saturated heterocycles. The maximum absolute atomic E-state index is 8.97. The van der Waals surface area contributed by atoms with Crippen molar-refractivity contribution < 1.29 is 9.53 Å². The van der Waals surface area contributed by atoms with Gasteiger partial charge in [0.25, 0.3) is 0 Å². The highest BCUT2D eigenvalue weighted by Crippen LogP contribution is 2.40. The SMILES string of the molecule is C/C=C/[C@@H](O[Si](C)(C)C(C)(C)C)C(C)(C)/C=C/CO. The molecule has 0 aromatic heterocycles. The van der Waals surface area contributed by atoms with Crippen LogP contribution >= 0.6 is 0 Å². The molecule has 112 valence electrons. The van der Waals surface area contributed by atoms with Gasteiger partial charge in [-0.15, -0.1) is 0 Å². The third-order valence-electron chi connectivity index (χ3n) is 3.98. The zero-order valence-electron chi connectivity index (χ0n) is 13.9. The van der Waals surface area contributed by atoms with Crippen LogP contribution in [-0.2, 0) is 4.43 Å². The second-order valence-corrected chi connectivity index (χ2v) is 12.0. The number of allylic oxidation sites excluding steroid dienone is 1. The van der Waals surface area contributed by atoms with E-state index in [1.165, 1.54) is 0 Å². The quantitative estimate of drug-likeness (QED) is 0.573. The van der Waals surface area contributed by atoms with Gasteiger partial charge in [-0.3, -0.25) is 0 Å². The fourth-order valence-electron chi connectivity index (χ4n) is 1.56. The first kappa shape index (κ1) is 18.6. The van der Waals surface area contributed by atoms with Crippen molar-refractivity contribution in [3.63, 3.8) is 0 Å². The van der Waals surface area contributed by atoms with E-state index < -0.39 is 8.32 Å². The summed E-state index contributed by atoms with van der Waals surface area (Å²) in [5.74, 6) is 0. The lowest BCUT2D eigenvalue weighted by Crippen LogP contribution is -2.46. The predicted molar refractivity (Wildman–Crippen MR) is 86.9 cm³/mol. The number of rotatable bonds is 6. The van der Waals surface area contributed by atoms with Crippen molar-refractivity contribution in [2.75, 3.05) is 6.61 Å². The fourth-order valence-corrected chi connectivity index (χ4v) is 2.93. The van der Waals surface area contributed by atoms with E-state index in [9.17, 15) is 0 Å². The molecule has 0 heterocycles. The van der Waals surface area contributed by atoms with Crippen molar-refractivity contribution in [2.45, 2.75) is 65.8 Å². The smallest absolute Gasteiger partial charge is 0.192 e. The van der Waals surface area contributed by atoms with Gasteiger partial charge in [0.2, 0.25) is 0 Å². The lowest BCUT2D eigenvalue weighted by molar-refractivity contribution is 0.133. The second kappa shape index (κ2) is 6.87. The zero-order valence-corrected chi connectivity index (χ0v) is 14.9. The maximum atomic E-state index is 8.97. The van der Waals surface area contributed by atoms with Crippen LogP contribution in [0.15, 0.2) is 24.3 Å². The molecule has 2 nitrogen and oxygen atoms in total. The Balaban J connectivity index is 5.20.